The average Bonchev–Trinajstić information content (AvgIpc) is 3.18. The molecule has 2 aliphatic rings. The Morgan fingerprint density at radius 1 is 1.12 bits per heavy atom. The number of methoxy groups -OCH3 is 2. The minimum Gasteiger partial charge on any atom is -0.493 e. The predicted octanol–water partition coefficient (Wildman–Crippen LogP) is 3.93. The number of hydrogen-bond donors (Lipinski definition) is 0. The Hall–Kier alpha value is -2.04. The van der Waals surface area contributed by atoms with E-state index in [1.807, 2.05) is 36.9 Å². The lowest BCUT2D eigenvalue weighted by atomic mass is 10.1. The highest BCUT2D eigenvalue weighted by Crippen LogP contribution is 2.43. The van der Waals surface area contributed by atoms with Gasteiger partial charge in [0.05, 0.1) is 38.2 Å². The molecule has 0 saturated carbocycles. The van der Waals surface area contributed by atoms with Gasteiger partial charge in [0, 0.05) is 15.4 Å². The summed E-state index contributed by atoms with van der Waals surface area (Å²) in [5.74, 6) is 0.990. The van der Waals surface area contributed by atoms with Crippen molar-refractivity contribution in [1.82, 2.24) is 0 Å². The topological polar surface area (TPSA) is 85.3 Å². The van der Waals surface area contributed by atoms with E-state index in [0.29, 0.717) is 16.7 Å². The van der Waals surface area contributed by atoms with E-state index >= 15 is 0 Å². The van der Waals surface area contributed by atoms with Crippen LogP contribution in [0, 0.1) is 13.8 Å². The zero-order valence-corrected chi connectivity index (χ0v) is 22.0. The van der Waals surface area contributed by atoms with Crippen LogP contribution in [-0.4, -0.2) is 56.5 Å². The Morgan fingerprint density at radius 3 is 2.42 bits per heavy atom. The normalized spacial score (nSPS) is 22.5. The van der Waals surface area contributed by atoms with Gasteiger partial charge in [-0.25, -0.2) is 8.42 Å². The summed E-state index contributed by atoms with van der Waals surface area (Å²) in [6, 6.07) is 9.07. The number of nitrogens with zero attached hydrogens (tertiary/aromatic N) is 2. The Bertz CT molecular complexity index is 1220. The third kappa shape index (κ3) is 4.93. The fourth-order valence-corrected chi connectivity index (χ4v) is 9.02. The van der Waals surface area contributed by atoms with Crippen LogP contribution in [0.4, 0.5) is 5.69 Å². The maximum Gasteiger partial charge on any atom is 0.252 e. The zero-order chi connectivity index (χ0) is 23.9. The number of fused-ring (bicyclic) bond motifs is 1. The second-order valence-corrected chi connectivity index (χ2v) is 12.5. The molecule has 2 atom stereocenters. The molecular formula is C23H25BrN2O5S2. The molecule has 2 saturated heterocycles. The first-order valence-electron chi connectivity index (χ1n) is 10.4. The van der Waals surface area contributed by atoms with Gasteiger partial charge in [-0.1, -0.05) is 33.8 Å². The molecule has 2 aromatic rings. The van der Waals surface area contributed by atoms with Gasteiger partial charge in [-0.15, -0.1) is 0 Å². The summed E-state index contributed by atoms with van der Waals surface area (Å²) in [5.41, 5.74) is 3.66. The van der Waals surface area contributed by atoms with E-state index < -0.39 is 9.84 Å². The molecule has 33 heavy (non-hydrogen) atoms. The van der Waals surface area contributed by atoms with Crippen molar-refractivity contribution in [3.63, 3.8) is 0 Å². The monoisotopic (exact) mass is 552 g/mol. The van der Waals surface area contributed by atoms with Gasteiger partial charge in [-0.2, -0.15) is 4.99 Å². The number of amides is 1. The zero-order valence-electron chi connectivity index (χ0n) is 18.8. The average molecular weight is 554 g/mol. The lowest BCUT2D eigenvalue weighted by Gasteiger charge is -2.28. The number of benzene rings is 2. The maximum atomic E-state index is 12.9. The third-order valence-corrected chi connectivity index (χ3v) is 9.45. The molecule has 0 aliphatic carbocycles. The van der Waals surface area contributed by atoms with Gasteiger partial charge in [-0.3, -0.25) is 4.79 Å². The van der Waals surface area contributed by atoms with Crippen molar-refractivity contribution < 1.29 is 22.7 Å². The summed E-state index contributed by atoms with van der Waals surface area (Å²) in [7, 11) is -0.0252. The fourth-order valence-electron chi connectivity index (χ4n) is 4.42. The van der Waals surface area contributed by atoms with Gasteiger partial charge in [0.15, 0.2) is 26.5 Å². The summed E-state index contributed by atoms with van der Waals surface area (Å²) in [4.78, 5) is 19.4. The molecule has 0 N–H and O–H groups in total. The Labute approximate surface area is 206 Å². The summed E-state index contributed by atoms with van der Waals surface area (Å²) in [6.45, 7) is 3.97. The van der Waals surface area contributed by atoms with Crippen molar-refractivity contribution in [2.45, 2.75) is 31.6 Å². The number of anilines is 1. The first kappa shape index (κ1) is 24.1. The van der Waals surface area contributed by atoms with Gasteiger partial charge < -0.3 is 14.4 Å². The van der Waals surface area contributed by atoms with Gasteiger partial charge in [0.2, 0.25) is 0 Å². The Balaban J connectivity index is 1.68. The molecule has 0 bridgehead atoms. The minimum absolute atomic E-state index is 0.0580. The highest BCUT2D eigenvalue weighted by atomic mass is 79.9. The van der Waals surface area contributed by atoms with E-state index in [0.717, 1.165) is 26.9 Å². The number of aliphatic imine (C=N–C) groups is 1. The number of carbonyl (C=O) groups excluding carboxylic acids is 1. The Kier molecular flexibility index (Phi) is 6.80. The van der Waals surface area contributed by atoms with Crippen molar-refractivity contribution >= 4 is 54.3 Å². The van der Waals surface area contributed by atoms with Gasteiger partial charge in [0.1, 0.15) is 0 Å². The van der Waals surface area contributed by atoms with Crippen molar-refractivity contribution in [3.05, 3.63) is 51.5 Å². The fraction of sp³-hybridized carbons (Fsp3) is 0.391. The van der Waals surface area contributed by atoms with E-state index in [4.69, 9.17) is 9.47 Å². The van der Waals surface area contributed by atoms with E-state index in [2.05, 4.69) is 20.9 Å². The van der Waals surface area contributed by atoms with E-state index in [9.17, 15) is 13.2 Å². The van der Waals surface area contributed by atoms with E-state index in [1.165, 1.54) is 11.8 Å². The molecule has 1 amide bonds. The van der Waals surface area contributed by atoms with Crippen LogP contribution >= 0.6 is 27.7 Å². The van der Waals surface area contributed by atoms with Crippen molar-refractivity contribution in [2.24, 2.45) is 4.99 Å². The van der Waals surface area contributed by atoms with Crippen LogP contribution in [0.15, 0.2) is 39.8 Å². The molecular weight excluding hydrogens is 528 g/mol. The lowest BCUT2D eigenvalue weighted by Crippen LogP contribution is -2.38. The molecule has 0 radical (unpaired) electrons. The third-order valence-electron chi connectivity index (χ3n) is 5.79. The number of thioether (sulfide) groups is 1. The van der Waals surface area contributed by atoms with Gasteiger partial charge in [-0.05, 0) is 54.8 Å². The highest BCUT2D eigenvalue weighted by Gasteiger charge is 2.50. The van der Waals surface area contributed by atoms with Crippen LogP contribution in [0.25, 0.3) is 0 Å². The molecule has 2 aromatic carbocycles. The van der Waals surface area contributed by atoms with Gasteiger partial charge in [0.25, 0.3) is 5.91 Å². The number of halogens is 1. The van der Waals surface area contributed by atoms with Crippen LogP contribution in [0.2, 0.25) is 0 Å². The maximum absolute atomic E-state index is 12.9. The molecule has 4 rings (SSSR count). The number of ether oxygens (including phenoxy) is 2. The number of aryl methyl sites for hydroxylation is 2. The molecule has 10 heteroatoms. The Morgan fingerprint density at radius 2 is 1.79 bits per heavy atom. The van der Waals surface area contributed by atoms with Gasteiger partial charge >= 0.3 is 0 Å². The molecule has 2 aliphatic heterocycles. The summed E-state index contributed by atoms with van der Waals surface area (Å²) in [5, 5.41) is 0.406. The second kappa shape index (κ2) is 9.31. The molecule has 7 nitrogen and oxygen atoms in total. The summed E-state index contributed by atoms with van der Waals surface area (Å²) >= 11 is 4.90. The van der Waals surface area contributed by atoms with Crippen molar-refractivity contribution in [3.8, 4) is 11.5 Å². The summed E-state index contributed by atoms with van der Waals surface area (Å²) < 4.78 is 36.2. The number of amidine groups is 1. The predicted molar refractivity (Wildman–Crippen MR) is 136 cm³/mol. The standard InChI is InChI=1S/C23H25BrN2O5S2/c1-13-7-16(24)8-14(2)22(13)26-17-11-33(28,29)12-20(17)32-23(26)25-21(27)10-15-5-6-18(30-3)19(9-15)31-4/h5-9,17,20H,10-12H2,1-4H3/t17-,20+/m0/s1. The molecule has 0 aromatic heterocycles. The van der Waals surface area contributed by atoms with E-state index in [1.54, 1.807) is 26.4 Å². The molecule has 2 heterocycles. The SMILES string of the molecule is COc1ccc(CC(=O)N=C2S[C@@H]3CS(=O)(=O)C[C@@H]3N2c2c(C)cc(Br)cc2C)cc1OC. The van der Waals surface area contributed by atoms with Crippen LogP contribution in [0.1, 0.15) is 16.7 Å². The number of carbonyl (C=O) groups is 1. The number of rotatable bonds is 5. The highest BCUT2D eigenvalue weighted by molar-refractivity contribution is 9.10. The smallest absolute Gasteiger partial charge is 0.252 e. The first-order valence-corrected chi connectivity index (χ1v) is 13.9. The number of sulfone groups is 1. The van der Waals surface area contributed by atoms with Crippen LogP contribution in [0.3, 0.4) is 0 Å². The van der Waals surface area contributed by atoms with E-state index in [-0.39, 0.29) is 35.1 Å². The molecule has 0 spiro atoms. The summed E-state index contributed by atoms with van der Waals surface area (Å²) in [6.07, 6.45) is 0.101. The lowest BCUT2D eigenvalue weighted by molar-refractivity contribution is -0.117. The van der Waals surface area contributed by atoms with Crippen molar-refractivity contribution in [2.75, 3.05) is 30.6 Å². The second-order valence-electron chi connectivity index (χ2n) is 8.21. The van der Waals surface area contributed by atoms with Crippen LogP contribution < -0.4 is 14.4 Å². The van der Waals surface area contributed by atoms with Crippen LogP contribution in [-0.2, 0) is 21.1 Å². The largest absolute Gasteiger partial charge is 0.493 e. The quantitative estimate of drug-likeness (QED) is 0.555. The molecule has 176 valence electrons. The van der Waals surface area contributed by atoms with Crippen LogP contribution in [0.5, 0.6) is 11.5 Å². The number of hydrogen-bond acceptors (Lipinski definition) is 6. The molecule has 0 unspecified atom stereocenters. The van der Waals surface area contributed by atoms with Crippen molar-refractivity contribution in [1.29, 1.82) is 0 Å². The minimum atomic E-state index is -3.13. The first-order chi connectivity index (χ1) is 15.6. The molecule has 2 fully saturated rings.